The summed E-state index contributed by atoms with van der Waals surface area (Å²) < 4.78 is 2.25. The van der Waals surface area contributed by atoms with Gasteiger partial charge >= 0.3 is 0 Å². The Labute approximate surface area is 79.2 Å². The number of piperidine rings is 1. The molecule has 72 valence electrons. The van der Waals surface area contributed by atoms with Crippen LogP contribution in [0.3, 0.4) is 0 Å². The lowest BCUT2D eigenvalue weighted by atomic mass is 10.00. The standard InChI is InChI=1S/C10H17N3/c1-9-12-5-6-13(9)8-10-3-2-4-11-7-10/h5-6,10-11H,2-4,7-8H2,1H3/t10-/m0/s1. The molecular formula is C10H17N3. The predicted octanol–water partition coefficient (Wildman–Crippen LogP) is 1.19. The van der Waals surface area contributed by atoms with Gasteiger partial charge in [0.05, 0.1) is 0 Å². The highest BCUT2D eigenvalue weighted by Gasteiger charge is 2.13. The van der Waals surface area contributed by atoms with Crippen molar-refractivity contribution in [1.29, 1.82) is 0 Å². The average Bonchev–Trinajstić information content (AvgIpc) is 2.54. The minimum Gasteiger partial charge on any atom is -0.335 e. The highest BCUT2D eigenvalue weighted by Crippen LogP contribution is 2.13. The third-order valence-electron chi connectivity index (χ3n) is 2.78. The molecule has 1 fully saturated rings. The lowest BCUT2D eigenvalue weighted by molar-refractivity contribution is 0.335. The van der Waals surface area contributed by atoms with Gasteiger partial charge in [0.2, 0.25) is 0 Å². The molecule has 1 saturated heterocycles. The number of aryl methyl sites for hydroxylation is 1. The van der Waals surface area contributed by atoms with Gasteiger partial charge in [-0.1, -0.05) is 0 Å². The van der Waals surface area contributed by atoms with E-state index in [1.165, 1.54) is 19.4 Å². The molecule has 2 heterocycles. The molecule has 3 nitrogen and oxygen atoms in total. The fourth-order valence-corrected chi connectivity index (χ4v) is 1.95. The Morgan fingerprint density at radius 2 is 2.62 bits per heavy atom. The summed E-state index contributed by atoms with van der Waals surface area (Å²) in [5, 5.41) is 3.43. The van der Waals surface area contributed by atoms with Crippen LogP contribution < -0.4 is 5.32 Å². The van der Waals surface area contributed by atoms with Crippen LogP contribution in [0.1, 0.15) is 18.7 Å². The van der Waals surface area contributed by atoms with Crippen LogP contribution in [0.2, 0.25) is 0 Å². The monoisotopic (exact) mass is 179 g/mol. The lowest BCUT2D eigenvalue weighted by Crippen LogP contribution is -2.32. The van der Waals surface area contributed by atoms with Gasteiger partial charge in [-0.3, -0.25) is 0 Å². The van der Waals surface area contributed by atoms with E-state index in [0.717, 1.165) is 24.8 Å². The van der Waals surface area contributed by atoms with Crippen molar-refractivity contribution in [3.8, 4) is 0 Å². The van der Waals surface area contributed by atoms with Gasteiger partial charge in [0.15, 0.2) is 0 Å². The first-order valence-corrected chi connectivity index (χ1v) is 5.05. The first-order chi connectivity index (χ1) is 6.36. The Kier molecular flexibility index (Phi) is 2.64. The molecular weight excluding hydrogens is 162 g/mol. The maximum absolute atomic E-state index is 4.22. The largest absolute Gasteiger partial charge is 0.335 e. The third kappa shape index (κ3) is 2.10. The van der Waals surface area contributed by atoms with Crippen LogP contribution in [0.25, 0.3) is 0 Å². The summed E-state index contributed by atoms with van der Waals surface area (Å²) in [4.78, 5) is 4.22. The van der Waals surface area contributed by atoms with E-state index in [4.69, 9.17) is 0 Å². The third-order valence-corrected chi connectivity index (χ3v) is 2.78. The van der Waals surface area contributed by atoms with Crippen LogP contribution in [0.5, 0.6) is 0 Å². The predicted molar refractivity (Wildman–Crippen MR) is 52.6 cm³/mol. The van der Waals surface area contributed by atoms with Crippen molar-refractivity contribution < 1.29 is 0 Å². The highest BCUT2D eigenvalue weighted by molar-refractivity contribution is 4.89. The first-order valence-electron chi connectivity index (χ1n) is 5.05. The summed E-state index contributed by atoms with van der Waals surface area (Å²) in [5.41, 5.74) is 0. The molecule has 0 aromatic carbocycles. The van der Waals surface area contributed by atoms with Gasteiger partial charge < -0.3 is 9.88 Å². The van der Waals surface area contributed by atoms with Gasteiger partial charge in [-0.2, -0.15) is 0 Å². The molecule has 1 aliphatic heterocycles. The molecule has 1 N–H and O–H groups in total. The molecule has 0 spiro atoms. The lowest BCUT2D eigenvalue weighted by Gasteiger charge is -2.23. The summed E-state index contributed by atoms with van der Waals surface area (Å²) in [6.45, 7) is 5.55. The number of rotatable bonds is 2. The van der Waals surface area contributed by atoms with Crippen molar-refractivity contribution in [1.82, 2.24) is 14.9 Å². The summed E-state index contributed by atoms with van der Waals surface area (Å²) in [7, 11) is 0. The number of nitrogens with zero attached hydrogens (tertiary/aromatic N) is 2. The van der Waals surface area contributed by atoms with Crippen molar-refractivity contribution in [3.63, 3.8) is 0 Å². The molecule has 0 radical (unpaired) electrons. The number of aromatic nitrogens is 2. The van der Waals surface area contributed by atoms with E-state index >= 15 is 0 Å². The quantitative estimate of drug-likeness (QED) is 0.739. The molecule has 0 unspecified atom stereocenters. The van der Waals surface area contributed by atoms with Crippen molar-refractivity contribution in [2.45, 2.75) is 26.3 Å². The van der Waals surface area contributed by atoms with Gasteiger partial charge in [-0.05, 0) is 38.8 Å². The van der Waals surface area contributed by atoms with E-state index < -0.39 is 0 Å². The topological polar surface area (TPSA) is 29.9 Å². The minimum absolute atomic E-state index is 0.793. The fraction of sp³-hybridized carbons (Fsp3) is 0.700. The molecule has 3 heteroatoms. The summed E-state index contributed by atoms with van der Waals surface area (Å²) >= 11 is 0. The van der Waals surface area contributed by atoms with Crippen molar-refractivity contribution in [2.75, 3.05) is 13.1 Å². The molecule has 0 aliphatic carbocycles. The van der Waals surface area contributed by atoms with Crippen LogP contribution in [0.15, 0.2) is 12.4 Å². The summed E-state index contributed by atoms with van der Waals surface area (Å²) in [5.74, 6) is 1.92. The molecule has 0 saturated carbocycles. The number of nitrogens with one attached hydrogen (secondary N) is 1. The average molecular weight is 179 g/mol. The minimum atomic E-state index is 0.793. The molecule has 1 atom stereocenters. The number of hydrogen-bond acceptors (Lipinski definition) is 2. The normalized spacial score (nSPS) is 23.3. The van der Waals surface area contributed by atoms with Crippen LogP contribution in [-0.4, -0.2) is 22.6 Å². The fourth-order valence-electron chi connectivity index (χ4n) is 1.95. The van der Waals surface area contributed by atoms with Gasteiger partial charge in [0, 0.05) is 18.9 Å². The van der Waals surface area contributed by atoms with Gasteiger partial charge in [0.25, 0.3) is 0 Å². The highest BCUT2D eigenvalue weighted by atomic mass is 15.1. The van der Waals surface area contributed by atoms with Crippen LogP contribution in [0, 0.1) is 12.8 Å². The Morgan fingerprint density at radius 1 is 1.69 bits per heavy atom. The summed E-state index contributed by atoms with van der Waals surface area (Å²) in [6, 6.07) is 0. The molecule has 2 rings (SSSR count). The molecule has 1 aromatic rings. The van der Waals surface area contributed by atoms with Crippen LogP contribution >= 0.6 is 0 Å². The number of hydrogen-bond donors (Lipinski definition) is 1. The van der Waals surface area contributed by atoms with E-state index in [0.29, 0.717) is 0 Å². The SMILES string of the molecule is Cc1nccn1C[C@H]1CCCNC1. The van der Waals surface area contributed by atoms with Gasteiger partial charge in [-0.15, -0.1) is 0 Å². The Balaban J connectivity index is 1.93. The van der Waals surface area contributed by atoms with Crippen LogP contribution in [-0.2, 0) is 6.54 Å². The Hall–Kier alpha value is -0.830. The van der Waals surface area contributed by atoms with Crippen molar-refractivity contribution >= 4 is 0 Å². The zero-order valence-electron chi connectivity index (χ0n) is 8.16. The zero-order valence-corrected chi connectivity index (χ0v) is 8.16. The zero-order chi connectivity index (χ0) is 9.10. The van der Waals surface area contributed by atoms with Gasteiger partial charge in [0.1, 0.15) is 5.82 Å². The second-order valence-corrected chi connectivity index (χ2v) is 3.84. The van der Waals surface area contributed by atoms with E-state index in [1.54, 1.807) is 0 Å². The maximum Gasteiger partial charge on any atom is 0.105 e. The van der Waals surface area contributed by atoms with E-state index in [9.17, 15) is 0 Å². The summed E-state index contributed by atoms with van der Waals surface area (Å²) in [6.07, 6.45) is 6.62. The maximum atomic E-state index is 4.22. The van der Waals surface area contributed by atoms with E-state index in [2.05, 4.69) is 28.0 Å². The molecule has 1 aliphatic rings. The van der Waals surface area contributed by atoms with Crippen LogP contribution in [0.4, 0.5) is 0 Å². The van der Waals surface area contributed by atoms with E-state index in [1.807, 2.05) is 6.20 Å². The van der Waals surface area contributed by atoms with Gasteiger partial charge in [-0.25, -0.2) is 4.98 Å². The second-order valence-electron chi connectivity index (χ2n) is 3.84. The Bertz CT molecular complexity index is 261. The smallest absolute Gasteiger partial charge is 0.105 e. The van der Waals surface area contributed by atoms with Crippen molar-refractivity contribution in [3.05, 3.63) is 18.2 Å². The van der Waals surface area contributed by atoms with E-state index in [-0.39, 0.29) is 0 Å². The molecule has 1 aromatic heterocycles. The van der Waals surface area contributed by atoms with Crippen molar-refractivity contribution in [2.24, 2.45) is 5.92 Å². The molecule has 0 bridgehead atoms. The molecule has 0 amide bonds. The second kappa shape index (κ2) is 3.92. The number of imidazole rings is 1. The molecule has 13 heavy (non-hydrogen) atoms. The first kappa shape index (κ1) is 8.75. The Morgan fingerprint density at radius 3 is 3.23 bits per heavy atom.